The number of piperidine rings is 1. The molecule has 1 atom stereocenters. The zero-order valence-corrected chi connectivity index (χ0v) is 14.0. The number of amides is 1. The topological polar surface area (TPSA) is 120 Å². The van der Waals surface area contributed by atoms with Gasteiger partial charge in [-0.25, -0.2) is 14.8 Å². The number of anilines is 1. The van der Waals surface area contributed by atoms with Gasteiger partial charge in [-0.3, -0.25) is 5.10 Å². The summed E-state index contributed by atoms with van der Waals surface area (Å²) in [7, 11) is 0. The summed E-state index contributed by atoms with van der Waals surface area (Å²) in [6, 6.07) is 3.80. The third-order valence-corrected chi connectivity index (χ3v) is 4.45. The lowest BCUT2D eigenvalue weighted by Crippen LogP contribution is -2.42. The van der Waals surface area contributed by atoms with Crippen LogP contribution in [-0.4, -0.2) is 52.0 Å². The number of hydrogen-bond donors (Lipinski definition) is 2. The summed E-state index contributed by atoms with van der Waals surface area (Å²) in [5.74, 6) is 0.869. The predicted molar refractivity (Wildman–Crippen MR) is 94.5 cm³/mol. The van der Waals surface area contributed by atoms with Crippen molar-refractivity contribution in [1.82, 2.24) is 25.5 Å². The van der Waals surface area contributed by atoms with Crippen molar-refractivity contribution < 1.29 is 9.53 Å². The van der Waals surface area contributed by atoms with Crippen molar-refractivity contribution in [2.45, 2.75) is 18.9 Å². The largest absolute Gasteiger partial charge is 0.444 e. The first-order chi connectivity index (χ1) is 12.8. The number of nitrogens with zero attached hydrogens (tertiary/aromatic N) is 5. The smallest absolute Gasteiger partial charge is 0.408 e. The first-order valence-corrected chi connectivity index (χ1v) is 8.39. The van der Waals surface area contributed by atoms with Crippen LogP contribution in [0.5, 0.6) is 0 Å². The first kappa shape index (κ1) is 16.1. The maximum absolute atomic E-state index is 11.7. The number of ether oxygens (including phenoxy) is 1. The number of fused-ring (bicyclic) bond motifs is 3. The molecule has 3 aromatic rings. The summed E-state index contributed by atoms with van der Waals surface area (Å²) >= 11 is 0. The van der Waals surface area contributed by atoms with E-state index in [1.165, 1.54) is 0 Å². The van der Waals surface area contributed by atoms with Gasteiger partial charge in [0.05, 0.1) is 18.8 Å². The number of nitrogens with one attached hydrogen (secondary N) is 2. The van der Waals surface area contributed by atoms with Crippen LogP contribution in [0.4, 0.5) is 10.6 Å². The number of nitriles is 1. The molecule has 1 aliphatic rings. The molecule has 0 saturated carbocycles. The van der Waals surface area contributed by atoms with E-state index in [1.807, 2.05) is 12.1 Å². The molecule has 1 fully saturated rings. The highest BCUT2D eigenvalue weighted by Gasteiger charge is 2.25. The fourth-order valence-corrected chi connectivity index (χ4v) is 3.33. The molecular formula is C17H17N7O2. The molecule has 0 aromatic carbocycles. The molecule has 9 nitrogen and oxygen atoms in total. The van der Waals surface area contributed by atoms with Gasteiger partial charge in [-0.1, -0.05) is 0 Å². The summed E-state index contributed by atoms with van der Waals surface area (Å²) in [6.07, 6.45) is 6.10. The van der Waals surface area contributed by atoms with Crippen LogP contribution in [0, 0.1) is 11.3 Å². The molecule has 1 saturated heterocycles. The standard InChI is InChI=1S/C17H17N7O2/c18-4-6-20-17(25)26-12-2-1-7-24(10-12)16-14-11(9-22-23-16)8-21-15-13(14)3-5-19-15/h3,5,8-9,12,23H,1-2,6-7,10H2,(H,20,25). The van der Waals surface area contributed by atoms with E-state index in [9.17, 15) is 4.79 Å². The number of rotatable bonds is 3. The van der Waals surface area contributed by atoms with E-state index in [-0.39, 0.29) is 12.6 Å². The second-order valence-electron chi connectivity index (χ2n) is 6.12. The van der Waals surface area contributed by atoms with Gasteiger partial charge in [-0.05, 0) is 18.9 Å². The van der Waals surface area contributed by atoms with Crippen LogP contribution in [-0.2, 0) is 4.74 Å². The molecule has 4 heterocycles. The summed E-state index contributed by atoms with van der Waals surface area (Å²) < 4.78 is 5.43. The van der Waals surface area contributed by atoms with Crippen LogP contribution in [0.3, 0.4) is 0 Å². The zero-order chi connectivity index (χ0) is 17.9. The van der Waals surface area contributed by atoms with Gasteiger partial charge in [0.1, 0.15) is 18.5 Å². The second kappa shape index (κ2) is 6.84. The van der Waals surface area contributed by atoms with Crippen LogP contribution < -0.4 is 10.2 Å². The Morgan fingerprint density at radius 3 is 3.27 bits per heavy atom. The van der Waals surface area contributed by atoms with Gasteiger partial charge in [-0.2, -0.15) is 10.4 Å². The molecule has 0 spiro atoms. The Labute approximate surface area is 149 Å². The van der Waals surface area contributed by atoms with Crippen molar-refractivity contribution >= 4 is 33.7 Å². The molecule has 0 radical (unpaired) electrons. The molecule has 1 amide bonds. The Balaban J connectivity index is 1.62. The average molecular weight is 351 g/mol. The van der Waals surface area contributed by atoms with Crippen molar-refractivity contribution in [2.24, 2.45) is 0 Å². The summed E-state index contributed by atoms with van der Waals surface area (Å²) in [5, 5.41) is 21.2. The van der Waals surface area contributed by atoms with E-state index in [0.717, 1.165) is 41.4 Å². The third kappa shape index (κ3) is 2.97. The van der Waals surface area contributed by atoms with Crippen molar-refractivity contribution in [3.63, 3.8) is 0 Å². The van der Waals surface area contributed by atoms with Crippen molar-refractivity contribution in [3.05, 3.63) is 24.7 Å². The fraction of sp³-hybridized carbons (Fsp3) is 0.353. The third-order valence-electron chi connectivity index (χ3n) is 4.45. The molecule has 0 bridgehead atoms. The van der Waals surface area contributed by atoms with E-state index >= 15 is 0 Å². The lowest BCUT2D eigenvalue weighted by molar-refractivity contribution is 0.0891. The molecule has 0 aliphatic carbocycles. The summed E-state index contributed by atoms with van der Waals surface area (Å²) in [6.45, 7) is 1.31. The van der Waals surface area contributed by atoms with E-state index in [0.29, 0.717) is 12.2 Å². The van der Waals surface area contributed by atoms with Crippen LogP contribution >= 0.6 is 0 Å². The fourth-order valence-electron chi connectivity index (χ4n) is 3.33. The monoisotopic (exact) mass is 351 g/mol. The highest BCUT2D eigenvalue weighted by Crippen LogP contribution is 2.31. The number of aromatic amines is 1. The predicted octanol–water partition coefficient (Wildman–Crippen LogP) is 1.72. The molecule has 1 aliphatic heterocycles. The number of aromatic nitrogens is 4. The minimum atomic E-state index is -0.565. The number of H-pyrrole nitrogens is 1. The number of carbonyl (C=O) groups is 1. The highest BCUT2D eigenvalue weighted by atomic mass is 16.6. The molecule has 1 unspecified atom stereocenters. The number of hydrogen-bond acceptors (Lipinski definition) is 7. The lowest BCUT2D eigenvalue weighted by Gasteiger charge is -2.33. The van der Waals surface area contributed by atoms with E-state index in [1.54, 1.807) is 18.6 Å². The molecule has 9 heteroatoms. The Bertz CT molecular complexity index is 994. The van der Waals surface area contributed by atoms with E-state index < -0.39 is 6.09 Å². The first-order valence-electron chi connectivity index (χ1n) is 8.39. The van der Waals surface area contributed by atoms with Gasteiger partial charge in [0.2, 0.25) is 0 Å². The normalized spacial score (nSPS) is 17.2. The van der Waals surface area contributed by atoms with Gasteiger partial charge < -0.3 is 15.0 Å². The highest BCUT2D eigenvalue weighted by molar-refractivity contribution is 6.09. The second-order valence-corrected chi connectivity index (χ2v) is 6.12. The van der Waals surface area contributed by atoms with Gasteiger partial charge in [0, 0.05) is 35.1 Å². The summed E-state index contributed by atoms with van der Waals surface area (Å²) in [5.41, 5.74) is 0.694. The number of alkyl carbamates (subject to hydrolysis) is 1. The van der Waals surface area contributed by atoms with Gasteiger partial charge in [0.15, 0.2) is 5.65 Å². The number of pyridine rings is 1. The van der Waals surface area contributed by atoms with Crippen molar-refractivity contribution in [2.75, 3.05) is 24.5 Å². The molecular weight excluding hydrogens is 334 g/mol. The van der Waals surface area contributed by atoms with Gasteiger partial charge >= 0.3 is 6.09 Å². The molecule has 4 rings (SSSR count). The summed E-state index contributed by atoms with van der Waals surface area (Å²) in [4.78, 5) is 22.5. The zero-order valence-electron chi connectivity index (χ0n) is 14.0. The van der Waals surface area contributed by atoms with Crippen LogP contribution in [0.2, 0.25) is 0 Å². The Kier molecular flexibility index (Phi) is 4.23. The lowest BCUT2D eigenvalue weighted by atomic mass is 10.1. The molecule has 2 N–H and O–H groups in total. The Morgan fingerprint density at radius 2 is 2.38 bits per heavy atom. The van der Waals surface area contributed by atoms with Crippen molar-refractivity contribution in [3.8, 4) is 6.07 Å². The van der Waals surface area contributed by atoms with Crippen LogP contribution in [0.25, 0.3) is 21.8 Å². The average Bonchev–Trinajstić information content (AvgIpc) is 3.15. The Hall–Kier alpha value is -3.41. The Morgan fingerprint density at radius 1 is 1.46 bits per heavy atom. The van der Waals surface area contributed by atoms with Gasteiger partial charge in [0.25, 0.3) is 0 Å². The minimum Gasteiger partial charge on any atom is -0.444 e. The van der Waals surface area contributed by atoms with E-state index in [4.69, 9.17) is 10.00 Å². The van der Waals surface area contributed by atoms with E-state index in [2.05, 4.69) is 30.4 Å². The SMILES string of the molecule is N#CCNC(=O)OC1CCCN(c2[nH]ncc3cnc4nccc4c23)C1. The molecule has 26 heavy (non-hydrogen) atoms. The van der Waals surface area contributed by atoms with Crippen LogP contribution in [0.1, 0.15) is 12.8 Å². The van der Waals surface area contributed by atoms with Crippen molar-refractivity contribution in [1.29, 1.82) is 5.26 Å². The number of carbonyl (C=O) groups excluding carboxylic acids is 1. The minimum absolute atomic E-state index is 0.0642. The molecule has 3 aromatic heterocycles. The van der Waals surface area contributed by atoms with Crippen LogP contribution in [0.15, 0.2) is 24.7 Å². The van der Waals surface area contributed by atoms with Gasteiger partial charge in [-0.15, -0.1) is 0 Å². The maximum atomic E-state index is 11.7. The maximum Gasteiger partial charge on any atom is 0.408 e. The molecule has 132 valence electrons. The quantitative estimate of drug-likeness (QED) is 0.689.